The first-order chi connectivity index (χ1) is 5.25. The number of nitrogens with two attached hydrogens (primary N) is 1. The number of methoxy groups -OCH3 is 1. The molecule has 1 heterocycles. The summed E-state index contributed by atoms with van der Waals surface area (Å²) in [4.78, 5) is 14.8. The van der Waals surface area contributed by atoms with Gasteiger partial charge in [0.25, 0.3) is 0 Å². The molecule has 0 aromatic carbocycles. The lowest BCUT2D eigenvalue weighted by Gasteiger charge is -2.08. The molecule has 0 amide bonds. The average Bonchev–Trinajstić information content (AvgIpc) is 2.04. The van der Waals surface area contributed by atoms with E-state index in [0.29, 0.717) is 12.1 Å². The molecule has 0 radical (unpaired) electrons. The Hall–Kier alpha value is -1.32. The molecule has 4 heteroatoms. The highest BCUT2D eigenvalue weighted by molar-refractivity contribution is 6.18. The topological polar surface area (TPSA) is 64.7 Å². The van der Waals surface area contributed by atoms with Gasteiger partial charge < -0.3 is 10.5 Å². The van der Waals surface area contributed by atoms with Gasteiger partial charge in [0.15, 0.2) is 0 Å². The summed E-state index contributed by atoms with van der Waals surface area (Å²) in [5, 5.41) is 0. The minimum Gasteiger partial charge on any atom is -0.465 e. The van der Waals surface area contributed by atoms with E-state index >= 15 is 0 Å². The molecule has 0 bridgehead atoms. The van der Waals surface area contributed by atoms with Crippen molar-refractivity contribution in [2.75, 3.05) is 13.7 Å². The maximum atomic E-state index is 10.9. The standard InChI is InChI=1S/C7H10N2O2/c1-11-7(10)5-3-2-4-9-6(5)8/h3H,2,4H2,1H3,(H2,8,9). The van der Waals surface area contributed by atoms with E-state index in [2.05, 4.69) is 9.73 Å². The molecule has 1 aliphatic rings. The van der Waals surface area contributed by atoms with Crippen LogP contribution in [0.25, 0.3) is 0 Å². The van der Waals surface area contributed by atoms with Gasteiger partial charge in [-0.15, -0.1) is 0 Å². The minimum atomic E-state index is -0.411. The van der Waals surface area contributed by atoms with E-state index in [-0.39, 0.29) is 5.84 Å². The van der Waals surface area contributed by atoms with Gasteiger partial charge >= 0.3 is 5.97 Å². The number of aliphatic imine (C=N–C) groups is 1. The molecular formula is C7H10N2O2. The van der Waals surface area contributed by atoms with Crippen LogP contribution in [0.1, 0.15) is 6.42 Å². The van der Waals surface area contributed by atoms with E-state index in [1.165, 1.54) is 7.11 Å². The Morgan fingerprint density at radius 2 is 2.55 bits per heavy atom. The van der Waals surface area contributed by atoms with Crippen molar-refractivity contribution in [3.05, 3.63) is 11.6 Å². The molecule has 60 valence electrons. The van der Waals surface area contributed by atoms with Crippen LogP contribution in [0.2, 0.25) is 0 Å². The molecule has 0 saturated carbocycles. The second-order valence-electron chi connectivity index (χ2n) is 2.17. The first-order valence-corrected chi connectivity index (χ1v) is 3.34. The molecule has 0 atom stereocenters. The lowest BCUT2D eigenvalue weighted by molar-refractivity contribution is -0.135. The van der Waals surface area contributed by atoms with Crippen molar-refractivity contribution in [3.63, 3.8) is 0 Å². The van der Waals surface area contributed by atoms with Crippen LogP contribution in [0.5, 0.6) is 0 Å². The van der Waals surface area contributed by atoms with Crippen LogP contribution < -0.4 is 5.73 Å². The van der Waals surface area contributed by atoms with Crippen molar-refractivity contribution in [2.24, 2.45) is 10.7 Å². The van der Waals surface area contributed by atoms with Crippen molar-refractivity contribution in [1.29, 1.82) is 0 Å². The van der Waals surface area contributed by atoms with Crippen LogP contribution in [-0.4, -0.2) is 25.5 Å². The third kappa shape index (κ3) is 1.58. The predicted octanol–water partition coefficient (Wildman–Crippen LogP) is -0.153. The summed E-state index contributed by atoms with van der Waals surface area (Å²) in [6.07, 6.45) is 2.50. The summed E-state index contributed by atoms with van der Waals surface area (Å²) in [6.45, 7) is 0.659. The second kappa shape index (κ2) is 3.18. The van der Waals surface area contributed by atoms with Crippen molar-refractivity contribution < 1.29 is 9.53 Å². The van der Waals surface area contributed by atoms with Gasteiger partial charge in [0.2, 0.25) is 0 Å². The maximum absolute atomic E-state index is 10.9. The second-order valence-corrected chi connectivity index (χ2v) is 2.17. The average molecular weight is 154 g/mol. The van der Waals surface area contributed by atoms with E-state index in [0.717, 1.165) is 6.42 Å². The number of ether oxygens (including phenoxy) is 1. The first-order valence-electron chi connectivity index (χ1n) is 3.34. The highest BCUT2D eigenvalue weighted by Gasteiger charge is 2.15. The van der Waals surface area contributed by atoms with Crippen LogP contribution in [0.15, 0.2) is 16.6 Å². The van der Waals surface area contributed by atoms with Gasteiger partial charge in [-0.1, -0.05) is 6.08 Å². The number of esters is 1. The Balaban J connectivity index is 2.78. The smallest absolute Gasteiger partial charge is 0.341 e. The van der Waals surface area contributed by atoms with Gasteiger partial charge in [-0.2, -0.15) is 0 Å². The third-order valence-corrected chi connectivity index (χ3v) is 1.44. The van der Waals surface area contributed by atoms with E-state index in [9.17, 15) is 4.79 Å². The summed E-state index contributed by atoms with van der Waals surface area (Å²) in [6, 6.07) is 0. The number of hydrogen-bond donors (Lipinski definition) is 1. The van der Waals surface area contributed by atoms with Crippen LogP contribution in [0.4, 0.5) is 0 Å². The fourth-order valence-electron chi connectivity index (χ4n) is 0.881. The number of nitrogens with zero attached hydrogens (tertiary/aromatic N) is 1. The molecule has 0 aromatic rings. The number of rotatable bonds is 1. The largest absolute Gasteiger partial charge is 0.465 e. The predicted molar refractivity (Wildman–Crippen MR) is 41.2 cm³/mol. The van der Waals surface area contributed by atoms with Gasteiger partial charge in [-0.05, 0) is 6.42 Å². The minimum absolute atomic E-state index is 0.281. The normalized spacial score (nSPS) is 16.8. The Morgan fingerprint density at radius 3 is 3.09 bits per heavy atom. The third-order valence-electron chi connectivity index (χ3n) is 1.44. The Bertz CT molecular complexity index is 231. The Kier molecular flexibility index (Phi) is 2.25. The first kappa shape index (κ1) is 7.78. The Morgan fingerprint density at radius 1 is 1.82 bits per heavy atom. The van der Waals surface area contributed by atoms with Crippen LogP contribution in [0, 0.1) is 0 Å². The zero-order chi connectivity index (χ0) is 8.27. The zero-order valence-corrected chi connectivity index (χ0v) is 6.33. The Labute approximate surface area is 64.7 Å². The maximum Gasteiger partial charge on any atom is 0.341 e. The molecule has 1 rings (SSSR count). The van der Waals surface area contributed by atoms with Gasteiger partial charge in [0, 0.05) is 6.54 Å². The van der Waals surface area contributed by atoms with Crippen LogP contribution in [0.3, 0.4) is 0 Å². The van der Waals surface area contributed by atoms with E-state index in [4.69, 9.17) is 5.73 Å². The van der Waals surface area contributed by atoms with Crippen molar-refractivity contribution in [1.82, 2.24) is 0 Å². The van der Waals surface area contributed by atoms with E-state index < -0.39 is 5.97 Å². The lowest BCUT2D eigenvalue weighted by atomic mass is 10.1. The fourth-order valence-corrected chi connectivity index (χ4v) is 0.881. The molecule has 0 aliphatic carbocycles. The number of amidine groups is 1. The summed E-state index contributed by atoms with van der Waals surface area (Å²) < 4.78 is 4.49. The summed E-state index contributed by atoms with van der Waals surface area (Å²) in [7, 11) is 1.32. The molecule has 0 unspecified atom stereocenters. The molecular weight excluding hydrogens is 144 g/mol. The zero-order valence-electron chi connectivity index (χ0n) is 6.33. The van der Waals surface area contributed by atoms with Crippen molar-refractivity contribution >= 4 is 11.8 Å². The highest BCUT2D eigenvalue weighted by Crippen LogP contribution is 2.05. The summed E-state index contributed by atoms with van der Waals surface area (Å²) >= 11 is 0. The molecule has 4 nitrogen and oxygen atoms in total. The SMILES string of the molecule is COC(=O)C1=CCCN=C1N. The van der Waals surface area contributed by atoms with Crippen molar-refractivity contribution in [3.8, 4) is 0 Å². The van der Waals surface area contributed by atoms with E-state index in [1.54, 1.807) is 6.08 Å². The van der Waals surface area contributed by atoms with Crippen LogP contribution >= 0.6 is 0 Å². The molecule has 0 spiro atoms. The molecule has 0 fully saturated rings. The van der Waals surface area contributed by atoms with Crippen LogP contribution in [-0.2, 0) is 9.53 Å². The number of carbonyl (C=O) groups is 1. The van der Waals surface area contributed by atoms with Gasteiger partial charge in [0.1, 0.15) is 5.84 Å². The van der Waals surface area contributed by atoms with Crippen molar-refractivity contribution in [2.45, 2.75) is 6.42 Å². The van der Waals surface area contributed by atoms with E-state index in [1.807, 2.05) is 0 Å². The molecule has 1 aliphatic heterocycles. The number of dihydropyridines is 1. The molecule has 0 saturated heterocycles. The number of hydrogen-bond acceptors (Lipinski definition) is 4. The highest BCUT2D eigenvalue weighted by atomic mass is 16.5. The molecule has 2 N–H and O–H groups in total. The molecule has 0 aromatic heterocycles. The monoisotopic (exact) mass is 154 g/mol. The van der Waals surface area contributed by atoms with Gasteiger partial charge in [-0.25, -0.2) is 4.79 Å². The quantitative estimate of drug-likeness (QED) is 0.534. The molecule has 11 heavy (non-hydrogen) atoms. The lowest BCUT2D eigenvalue weighted by Crippen LogP contribution is -2.24. The summed E-state index contributed by atoms with van der Waals surface area (Å²) in [5.41, 5.74) is 5.82. The number of carbonyl (C=O) groups excluding carboxylic acids is 1. The summed E-state index contributed by atoms with van der Waals surface area (Å²) in [5.74, 6) is -0.131. The fraction of sp³-hybridized carbons (Fsp3) is 0.429. The van der Waals surface area contributed by atoms with Gasteiger partial charge in [0.05, 0.1) is 12.7 Å². The van der Waals surface area contributed by atoms with Gasteiger partial charge in [-0.3, -0.25) is 4.99 Å².